The van der Waals surface area contributed by atoms with E-state index in [4.69, 9.17) is 9.47 Å². The van der Waals surface area contributed by atoms with Gasteiger partial charge in [-0.15, -0.1) is 0 Å². The van der Waals surface area contributed by atoms with E-state index in [0.717, 1.165) is 12.0 Å². The van der Waals surface area contributed by atoms with Crippen LogP contribution in [0.15, 0.2) is 48.5 Å². The van der Waals surface area contributed by atoms with Crippen molar-refractivity contribution < 1.29 is 14.3 Å². The second-order valence-corrected chi connectivity index (χ2v) is 6.02. The van der Waals surface area contributed by atoms with Gasteiger partial charge in [0.15, 0.2) is 6.29 Å². The molecule has 1 heterocycles. The van der Waals surface area contributed by atoms with Gasteiger partial charge in [0.05, 0.1) is 19.6 Å². The Kier molecular flexibility index (Phi) is 5.62. The lowest BCUT2D eigenvalue weighted by atomic mass is 9.98. The lowest BCUT2D eigenvalue weighted by Crippen LogP contribution is -2.32. The van der Waals surface area contributed by atoms with Gasteiger partial charge in [0.25, 0.3) is 0 Å². The third-order valence-electron chi connectivity index (χ3n) is 4.11. The van der Waals surface area contributed by atoms with Gasteiger partial charge in [0.2, 0.25) is 5.91 Å². The fourth-order valence-corrected chi connectivity index (χ4v) is 2.86. The van der Waals surface area contributed by atoms with E-state index in [1.165, 1.54) is 16.7 Å². The average molecular weight is 325 g/mol. The zero-order chi connectivity index (χ0) is 16.8. The van der Waals surface area contributed by atoms with Crippen LogP contribution in [-0.2, 0) is 20.8 Å². The molecule has 0 saturated carbocycles. The molecule has 1 N–H and O–H groups in total. The summed E-state index contributed by atoms with van der Waals surface area (Å²) in [6.07, 6.45) is 0.743. The number of aryl methyl sites for hydroxylation is 1. The molecule has 1 fully saturated rings. The summed E-state index contributed by atoms with van der Waals surface area (Å²) < 4.78 is 10.8. The molecule has 1 saturated heterocycles. The van der Waals surface area contributed by atoms with Gasteiger partial charge < -0.3 is 14.8 Å². The highest BCUT2D eigenvalue weighted by Crippen LogP contribution is 2.24. The molecule has 0 atom stereocenters. The zero-order valence-corrected chi connectivity index (χ0v) is 14.0. The molecule has 0 aromatic heterocycles. The maximum atomic E-state index is 12.0. The van der Waals surface area contributed by atoms with E-state index in [-0.39, 0.29) is 12.3 Å². The first-order valence-electron chi connectivity index (χ1n) is 8.37. The van der Waals surface area contributed by atoms with Crippen molar-refractivity contribution in [2.75, 3.05) is 13.2 Å². The number of benzene rings is 2. The van der Waals surface area contributed by atoms with Crippen molar-refractivity contribution in [2.45, 2.75) is 32.6 Å². The van der Waals surface area contributed by atoms with Gasteiger partial charge in [0.1, 0.15) is 0 Å². The van der Waals surface area contributed by atoms with Crippen LogP contribution in [0.3, 0.4) is 0 Å². The molecule has 3 rings (SSSR count). The predicted molar refractivity (Wildman–Crippen MR) is 93.4 cm³/mol. The average Bonchev–Trinajstić information content (AvgIpc) is 2.62. The molecule has 24 heavy (non-hydrogen) atoms. The van der Waals surface area contributed by atoms with Crippen LogP contribution in [-0.4, -0.2) is 25.4 Å². The van der Waals surface area contributed by atoms with Gasteiger partial charge in [-0.1, -0.05) is 48.5 Å². The standard InChI is InChI=1S/C20H23NO3/c1-15-12-16(8-9-18(15)17-6-3-2-4-7-17)14-21-19(22)13-20-23-10-5-11-24-20/h2-4,6-9,12,20H,5,10-11,13-14H2,1H3,(H,21,22). The van der Waals surface area contributed by atoms with Crippen LogP contribution in [0.25, 0.3) is 11.1 Å². The normalized spacial score (nSPS) is 15.2. The molecule has 0 radical (unpaired) electrons. The highest BCUT2D eigenvalue weighted by molar-refractivity contribution is 5.76. The molecular weight excluding hydrogens is 302 g/mol. The van der Waals surface area contributed by atoms with Crippen LogP contribution in [0.2, 0.25) is 0 Å². The summed E-state index contributed by atoms with van der Waals surface area (Å²) in [6.45, 7) is 3.94. The SMILES string of the molecule is Cc1cc(CNC(=O)CC2OCCCO2)ccc1-c1ccccc1. The number of nitrogens with one attached hydrogen (secondary N) is 1. The Morgan fingerprint density at radius 3 is 2.58 bits per heavy atom. The Labute approximate surface area is 142 Å². The summed E-state index contributed by atoms with van der Waals surface area (Å²) in [5.74, 6) is -0.0494. The third kappa shape index (κ3) is 4.43. The first kappa shape index (κ1) is 16.7. The summed E-state index contributed by atoms with van der Waals surface area (Å²) in [4.78, 5) is 12.0. The van der Waals surface area contributed by atoms with Crippen molar-refractivity contribution in [3.8, 4) is 11.1 Å². The van der Waals surface area contributed by atoms with E-state index in [1.54, 1.807) is 0 Å². The van der Waals surface area contributed by atoms with E-state index in [9.17, 15) is 4.79 Å². The molecule has 0 unspecified atom stereocenters. The highest BCUT2D eigenvalue weighted by atomic mass is 16.7. The first-order valence-corrected chi connectivity index (χ1v) is 8.37. The van der Waals surface area contributed by atoms with Gasteiger partial charge in [-0.3, -0.25) is 4.79 Å². The number of carbonyl (C=O) groups is 1. The Hall–Kier alpha value is -2.17. The topological polar surface area (TPSA) is 47.6 Å². The Balaban J connectivity index is 1.56. The molecule has 126 valence electrons. The number of hydrogen-bond donors (Lipinski definition) is 1. The van der Waals surface area contributed by atoms with E-state index < -0.39 is 6.29 Å². The first-order chi connectivity index (χ1) is 11.7. The lowest BCUT2D eigenvalue weighted by molar-refractivity contribution is -0.183. The molecular formula is C20H23NO3. The number of rotatable bonds is 5. The highest BCUT2D eigenvalue weighted by Gasteiger charge is 2.17. The second-order valence-electron chi connectivity index (χ2n) is 6.02. The predicted octanol–water partition coefficient (Wildman–Crippen LogP) is 3.43. The van der Waals surface area contributed by atoms with E-state index >= 15 is 0 Å². The summed E-state index contributed by atoms with van der Waals surface area (Å²) in [7, 11) is 0. The van der Waals surface area contributed by atoms with Crippen molar-refractivity contribution in [3.63, 3.8) is 0 Å². The van der Waals surface area contributed by atoms with E-state index in [0.29, 0.717) is 19.8 Å². The molecule has 0 spiro atoms. The monoisotopic (exact) mass is 325 g/mol. The minimum absolute atomic E-state index is 0.0494. The van der Waals surface area contributed by atoms with Crippen LogP contribution >= 0.6 is 0 Å². The maximum absolute atomic E-state index is 12.0. The quantitative estimate of drug-likeness (QED) is 0.916. The molecule has 1 aliphatic heterocycles. The summed E-state index contributed by atoms with van der Waals surface area (Å²) in [6, 6.07) is 16.6. The fourth-order valence-electron chi connectivity index (χ4n) is 2.86. The van der Waals surface area contributed by atoms with E-state index in [1.807, 2.05) is 18.2 Å². The van der Waals surface area contributed by atoms with Crippen molar-refractivity contribution in [1.29, 1.82) is 0 Å². The van der Waals surface area contributed by atoms with Crippen molar-refractivity contribution in [1.82, 2.24) is 5.32 Å². The van der Waals surface area contributed by atoms with Gasteiger partial charge in [-0.05, 0) is 35.6 Å². The summed E-state index contributed by atoms with van der Waals surface area (Å²) >= 11 is 0. The molecule has 2 aromatic rings. The van der Waals surface area contributed by atoms with Gasteiger partial charge in [-0.2, -0.15) is 0 Å². The molecule has 1 amide bonds. The van der Waals surface area contributed by atoms with Crippen LogP contribution in [0.1, 0.15) is 24.0 Å². The van der Waals surface area contributed by atoms with Crippen molar-refractivity contribution >= 4 is 5.91 Å². The minimum atomic E-state index is -0.402. The molecule has 4 nitrogen and oxygen atoms in total. The molecule has 0 bridgehead atoms. The Morgan fingerprint density at radius 2 is 1.88 bits per heavy atom. The largest absolute Gasteiger partial charge is 0.352 e. The van der Waals surface area contributed by atoms with Gasteiger partial charge in [-0.25, -0.2) is 0 Å². The van der Waals surface area contributed by atoms with Gasteiger partial charge in [0, 0.05) is 6.54 Å². The van der Waals surface area contributed by atoms with Crippen LogP contribution in [0.5, 0.6) is 0 Å². The second kappa shape index (κ2) is 8.08. The van der Waals surface area contributed by atoms with Crippen molar-refractivity contribution in [2.24, 2.45) is 0 Å². The number of amides is 1. The summed E-state index contributed by atoms with van der Waals surface area (Å²) in [5.41, 5.74) is 4.71. The van der Waals surface area contributed by atoms with Crippen LogP contribution in [0.4, 0.5) is 0 Å². The lowest BCUT2D eigenvalue weighted by Gasteiger charge is -2.22. The smallest absolute Gasteiger partial charge is 0.225 e. The van der Waals surface area contributed by atoms with Crippen molar-refractivity contribution in [3.05, 3.63) is 59.7 Å². The van der Waals surface area contributed by atoms with Crippen LogP contribution in [0, 0.1) is 6.92 Å². The molecule has 4 heteroatoms. The fraction of sp³-hybridized carbons (Fsp3) is 0.350. The maximum Gasteiger partial charge on any atom is 0.225 e. The Morgan fingerprint density at radius 1 is 1.12 bits per heavy atom. The zero-order valence-electron chi connectivity index (χ0n) is 14.0. The number of ether oxygens (including phenoxy) is 2. The minimum Gasteiger partial charge on any atom is -0.352 e. The number of carbonyl (C=O) groups excluding carboxylic acids is 1. The molecule has 1 aliphatic rings. The Bertz CT molecular complexity index is 679. The third-order valence-corrected chi connectivity index (χ3v) is 4.11. The molecule has 0 aliphatic carbocycles. The van der Waals surface area contributed by atoms with Gasteiger partial charge >= 0.3 is 0 Å². The molecule has 2 aromatic carbocycles. The van der Waals surface area contributed by atoms with Crippen LogP contribution < -0.4 is 5.32 Å². The summed E-state index contributed by atoms with van der Waals surface area (Å²) in [5, 5.41) is 2.93. The van der Waals surface area contributed by atoms with E-state index in [2.05, 4.69) is 42.6 Å². The number of hydrogen-bond acceptors (Lipinski definition) is 3.